The second-order valence-electron chi connectivity index (χ2n) is 7.59. The van der Waals surface area contributed by atoms with E-state index >= 15 is 0 Å². The maximum Gasteiger partial charge on any atom is 0.337 e. The van der Waals surface area contributed by atoms with Crippen molar-refractivity contribution in [2.24, 2.45) is 0 Å². The number of ether oxygens (including phenoxy) is 3. The van der Waals surface area contributed by atoms with E-state index in [2.05, 4.69) is 10.8 Å². The summed E-state index contributed by atoms with van der Waals surface area (Å²) in [5, 5.41) is 9.77. The number of anilines is 1. The second kappa shape index (κ2) is 9.82. The first-order valence-corrected chi connectivity index (χ1v) is 11.4. The van der Waals surface area contributed by atoms with E-state index in [1.54, 1.807) is 18.2 Å². The van der Waals surface area contributed by atoms with Gasteiger partial charge in [0.05, 0.1) is 42.2 Å². The van der Waals surface area contributed by atoms with Gasteiger partial charge in [0.1, 0.15) is 17.9 Å². The summed E-state index contributed by atoms with van der Waals surface area (Å²) in [6.07, 6.45) is 3.92. The summed E-state index contributed by atoms with van der Waals surface area (Å²) >= 11 is 7.67. The quantitative estimate of drug-likeness (QED) is 0.430. The van der Waals surface area contributed by atoms with E-state index in [1.807, 2.05) is 12.1 Å². The number of benzene rings is 2. The summed E-state index contributed by atoms with van der Waals surface area (Å²) in [6, 6.07) is 11.1. The van der Waals surface area contributed by atoms with Crippen molar-refractivity contribution < 1.29 is 19.0 Å². The lowest BCUT2D eigenvalue weighted by molar-refractivity contribution is 0.0259. The Morgan fingerprint density at radius 2 is 2.00 bits per heavy atom. The molecule has 6 nitrogen and oxygen atoms in total. The normalized spacial score (nSPS) is 16.4. The maximum atomic E-state index is 12.0. The van der Waals surface area contributed by atoms with Crippen molar-refractivity contribution in [2.75, 3.05) is 25.0 Å². The predicted octanol–water partition coefficient (Wildman–Crippen LogP) is 5.55. The Bertz CT molecular complexity index is 1010. The smallest absolute Gasteiger partial charge is 0.337 e. The summed E-state index contributed by atoms with van der Waals surface area (Å²) < 4.78 is 19.8. The molecule has 0 spiro atoms. The van der Waals surface area contributed by atoms with Gasteiger partial charge in [-0.1, -0.05) is 17.7 Å². The number of hydrogen-bond donors (Lipinski definition) is 1. The molecular formula is C23H23ClN2O4S. The molecule has 2 aromatic carbocycles. The summed E-state index contributed by atoms with van der Waals surface area (Å²) in [6.45, 7) is 1.33. The third-order valence-electron chi connectivity index (χ3n) is 5.37. The van der Waals surface area contributed by atoms with Gasteiger partial charge in [0.15, 0.2) is 0 Å². The van der Waals surface area contributed by atoms with Crippen LogP contribution in [0.5, 0.6) is 5.75 Å². The largest absolute Gasteiger partial charge is 0.488 e. The van der Waals surface area contributed by atoms with E-state index in [0.717, 1.165) is 30.6 Å². The van der Waals surface area contributed by atoms with Crippen molar-refractivity contribution in [3.63, 3.8) is 0 Å². The molecule has 1 saturated heterocycles. The van der Waals surface area contributed by atoms with Crippen molar-refractivity contribution in [3.8, 4) is 11.8 Å². The molecule has 0 aromatic heterocycles. The van der Waals surface area contributed by atoms with Crippen LogP contribution in [0.4, 0.5) is 5.69 Å². The Morgan fingerprint density at radius 1 is 1.23 bits per heavy atom. The zero-order valence-corrected chi connectivity index (χ0v) is 18.7. The molecule has 2 fully saturated rings. The monoisotopic (exact) mass is 458 g/mol. The van der Waals surface area contributed by atoms with Gasteiger partial charge in [-0.15, -0.1) is 0 Å². The molecule has 0 atom stereocenters. The molecule has 1 saturated carbocycles. The number of nitriles is 1. The third kappa shape index (κ3) is 5.27. The summed E-state index contributed by atoms with van der Waals surface area (Å²) in [7, 11) is 1.37. The van der Waals surface area contributed by atoms with Crippen LogP contribution in [0.3, 0.4) is 0 Å². The third-order valence-corrected chi connectivity index (χ3v) is 6.58. The van der Waals surface area contributed by atoms with Gasteiger partial charge in [-0.3, -0.25) is 0 Å². The lowest BCUT2D eigenvalue weighted by Gasteiger charge is -2.25. The van der Waals surface area contributed by atoms with E-state index in [4.69, 9.17) is 25.8 Å². The molecule has 1 N–H and O–H groups in total. The molecule has 0 unspecified atom stereocenters. The highest BCUT2D eigenvalue weighted by atomic mass is 35.5. The fourth-order valence-electron chi connectivity index (χ4n) is 3.50. The highest BCUT2D eigenvalue weighted by Gasteiger charge is 2.27. The summed E-state index contributed by atoms with van der Waals surface area (Å²) in [5.74, 6) is 0.736. The molecule has 4 rings (SSSR count). The molecule has 1 heterocycles. The van der Waals surface area contributed by atoms with Crippen LogP contribution in [0.1, 0.15) is 53.1 Å². The van der Waals surface area contributed by atoms with Crippen molar-refractivity contribution >= 4 is 35.2 Å². The minimum atomic E-state index is -0.369. The Balaban J connectivity index is 1.60. The first-order chi connectivity index (χ1) is 15.1. The van der Waals surface area contributed by atoms with Gasteiger partial charge in [0, 0.05) is 23.8 Å². The first-order valence-electron chi connectivity index (χ1n) is 10.2. The van der Waals surface area contributed by atoms with Gasteiger partial charge < -0.3 is 18.9 Å². The van der Waals surface area contributed by atoms with Gasteiger partial charge in [-0.25, -0.2) is 4.79 Å². The molecule has 1 aliphatic carbocycles. The van der Waals surface area contributed by atoms with Gasteiger partial charge in [-0.2, -0.15) is 5.26 Å². The van der Waals surface area contributed by atoms with Crippen molar-refractivity contribution in [2.45, 2.75) is 42.6 Å². The van der Waals surface area contributed by atoms with Crippen LogP contribution >= 0.6 is 23.5 Å². The van der Waals surface area contributed by atoms with Crippen LogP contribution in [-0.2, 0) is 9.47 Å². The molecule has 0 bridgehead atoms. The van der Waals surface area contributed by atoms with Crippen LogP contribution in [-0.4, -0.2) is 32.4 Å². The molecule has 162 valence electrons. The number of carbonyl (C=O) groups excluding carboxylic acids is 1. The number of nitrogens with zero attached hydrogens (tertiary/aromatic N) is 1. The Morgan fingerprint density at radius 3 is 2.68 bits per heavy atom. The van der Waals surface area contributed by atoms with Gasteiger partial charge in [-0.05, 0) is 54.5 Å². The van der Waals surface area contributed by atoms with Crippen LogP contribution in [0.15, 0.2) is 35.2 Å². The number of esters is 1. The van der Waals surface area contributed by atoms with Crippen LogP contribution in [0.25, 0.3) is 0 Å². The topological polar surface area (TPSA) is 80.6 Å². The second-order valence-corrected chi connectivity index (χ2v) is 8.85. The molecule has 2 aliphatic rings. The average molecular weight is 459 g/mol. The highest BCUT2D eigenvalue weighted by molar-refractivity contribution is 8.00. The maximum absolute atomic E-state index is 12.0. The summed E-state index contributed by atoms with van der Waals surface area (Å²) in [5.41, 5.74) is 2.74. The standard InChI is InChI=1S/C23H23ClN2O4S/c1-28-23(27)15-4-5-18(14-2-3-14)22(11-15)31-26-20-10-16(13-25)19(24)12-21(20)30-17-6-8-29-9-7-17/h4-5,10-12,14,17,26H,2-3,6-9H2,1H3. The lowest BCUT2D eigenvalue weighted by atomic mass is 10.1. The van der Waals surface area contributed by atoms with Crippen molar-refractivity contribution in [3.05, 3.63) is 52.0 Å². The van der Waals surface area contributed by atoms with E-state index in [9.17, 15) is 10.1 Å². The van der Waals surface area contributed by atoms with E-state index in [-0.39, 0.29) is 12.1 Å². The average Bonchev–Trinajstić information content (AvgIpc) is 3.64. The number of rotatable bonds is 7. The van der Waals surface area contributed by atoms with E-state index < -0.39 is 0 Å². The predicted molar refractivity (Wildman–Crippen MR) is 120 cm³/mol. The number of nitrogens with one attached hydrogen (secondary N) is 1. The molecule has 0 amide bonds. The molecule has 0 radical (unpaired) electrons. The SMILES string of the molecule is COC(=O)c1ccc(C2CC2)c(SNc2cc(C#N)c(Cl)cc2OC2CCOCC2)c1. The van der Waals surface area contributed by atoms with Gasteiger partial charge in [0.25, 0.3) is 0 Å². The lowest BCUT2D eigenvalue weighted by Crippen LogP contribution is -2.26. The first kappa shape index (κ1) is 21.8. The molecule has 8 heteroatoms. The number of methoxy groups -OCH3 is 1. The highest BCUT2D eigenvalue weighted by Crippen LogP contribution is 2.45. The molecule has 31 heavy (non-hydrogen) atoms. The van der Waals surface area contributed by atoms with Crippen molar-refractivity contribution in [1.29, 1.82) is 5.26 Å². The number of hydrogen-bond acceptors (Lipinski definition) is 7. The molecule has 1 aliphatic heterocycles. The Labute approximate surface area is 190 Å². The Hall–Kier alpha value is -2.40. The van der Waals surface area contributed by atoms with Crippen LogP contribution < -0.4 is 9.46 Å². The molecular weight excluding hydrogens is 436 g/mol. The van der Waals surface area contributed by atoms with Crippen LogP contribution in [0.2, 0.25) is 5.02 Å². The van der Waals surface area contributed by atoms with Gasteiger partial charge in [0.2, 0.25) is 0 Å². The minimum absolute atomic E-state index is 0.0352. The fourth-order valence-corrected chi connectivity index (χ4v) is 4.61. The van der Waals surface area contributed by atoms with Crippen molar-refractivity contribution in [1.82, 2.24) is 0 Å². The van der Waals surface area contributed by atoms with E-state index in [0.29, 0.717) is 46.7 Å². The summed E-state index contributed by atoms with van der Waals surface area (Å²) in [4.78, 5) is 13.0. The number of carbonyl (C=O) groups is 1. The minimum Gasteiger partial charge on any atom is -0.488 e. The zero-order chi connectivity index (χ0) is 21.8. The van der Waals surface area contributed by atoms with Crippen LogP contribution in [0, 0.1) is 11.3 Å². The Kier molecular flexibility index (Phi) is 6.91. The van der Waals surface area contributed by atoms with Gasteiger partial charge >= 0.3 is 5.97 Å². The van der Waals surface area contributed by atoms with E-state index in [1.165, 1.54) is 24.6 Å². The number of halogens is 1. The fraction of sp³-hybridized carbons (Fsp3) is 0.391. The molecule has 2 aromatic rings. The zero-order valence-electron chi connectivity index (χ0n) is 17.2.